The molecular formula is C25H28N2O6. The van der Waals surface area contributed by atoms with Crippen LogP contribution in [0.15, 0.2) is 48.2 Å². The summed E-state index contributed by atoms with van der Waals surface area (Å²) in [5.74, 6) is 0.542. The van der Waals surface area contributed by atoms with Crippen molar-refractivity contribution >= 4 is 23.1 Å². The summed E-state index contributed by atoms with van der Waals surface area (Å²) in [6, 6.07) is 12.2. The molecular weight excluding hydrogens is 424 g/mol. The van der Waals surface area contributed by atoms with Crippen molar-refractivity contribution in [3.05, 3.63) is 53.7 Å². The third-order valence-electron chi connectivity index (χ3n) is 5.80. The van der Waals surface area contributed by atoms with E-state index in [1.807, 2.05) is 30.9 Å². The summed E-state index contributed by atoms with van der Waals surface area (Å²) in [4.78, 5) is 30.9. The number of rotatable bonds is 6. The molecule has 2 aliphatic heterocycles. The zero-order valence-electron chi connectivity index (χ0n) is 19.5. The molecule has 0 bridgehead atoms. The van der Waals surface area contributed by atoms with E-state index >= 15 is 0 Å². The SMILES string of the molecule is COc1ccc(OC)c(N2C(=O)C(c3ccccc3OC)=C(N3CC(C)OC(C)C3)C2=O)c1. The first-order chi connectivity index (χ1) is 15.9. The van der Waals surface area contributed by atoms with Crippen molar-refractivity contribution in [2.75, 3.05) is 39.3 Å². The number of nitrogens with zero attached hydrogens (tertiary/aromatic N) is 2. The molecule has 2 aromatic carbocycles. The molecule has 1 saturated heterocycles. The lowest BCUT2D eigenvalue weighted by Gasteiger charge is -2.37. The molecule has 174 valence electrons. The van der Waals surface area contributed by atoms with Crippen LogP contribution < -0.4 is 19.1 Å². The third kappa shape index (κ3) is 4.02. The van der Waals surface area contributed by atoms with Crippen LogP contribution >= 0.6 is 0 Å². The van der Waals surface area contributed by atoms with E-state index in [0.717, 1.165) is 4.90 Å². The molecule has 8 heteroatoms. The van der Waals surface area contributed by atoms with Crippen LogP contribution in [0.4, 0.5) is 5.69 Å². The average molecular weight is 453 g/mol. The van der Waals surface area contributed by atoms with Crippen LogP contribution in [0, 0.1) is 0 Å². The molecule has 0 aromatic heterocycles. The molecule has 2 atom stereocenters. The Labute approximate surface area is 193 Å². The summed E-state index contributed by atoms with van der Waals surface area (Å²) in [7, 11) is 4.57. The van der Waals surface area contributed by atoms with Crippen LogP contribution in [-0.2, 0) is 14.3 Å². The topological polar surface area (TPSA) is 77.5 Å². The fourth-order valence-corrected chi connectivity index (χ4v) is 4.46. The fraction of sp³-hybridized carbons (Fsp3) is 0.360. The van der Waals surface area contributed by atoms with Gasteiger partial charge in [-0.15, -0.1) is 0 Å². The minimum Gasteiger partial charge on any atom is -0.497 e. The number of methoxy groups -OCH3 is 3. The summed E-state index contributed by atoms with van der Waals surface area (Å²) in [5.41, 5.74) is 1.51. The molecule has 0 spiro atoms. The van der Waals surface area contributed by atoms with Gasteiger partial charge in [0.15, 0.2) is 0 Å². The predicted octanol–water partition coefficient (Wildman–Crippen LogP) is 3.11. The number of para-hydroxylation sites is 1. The molecule has 2 heterocycles. The molecule has 0 saturated carbocycles. The van der Waals surface area contributed by atoms with Crippen LogP contribution in [0.3, 0.4) is 0 Å². The highest BCUT2D eigenvalue weighted by Crippen LogP contribution is 2.42. The van der Waals surface area contributed by atoms with Crippen molar-refractivity contribution in [3.63, 3.8) is 0 Å². The van der Waals surface area contributed by atoms with E-state index < -0.39 is 11.8 Å². The van der Waals surface area contributed by atoms with Gasteiger partial charge in [0.2, 0.25) is 0 Å². The van der Waals surface area contributed by atoms with Gasteiger partial charge in [0.05, 0.1) is 44.8 Å². The summed E-state index contributed by atoms with van der Waals surface area (Å²) < 4.78 is 22.2. The smallest absolute Gasteiger partial charge is 0.282 e. The maximum Gasteiger partial charge on any atom is 0.282 e. The highest BCUT2D eigenvalue weighted by Gasteiger charge is 2.45. The number of benzene rings is 2. The molecule has 0 N–H and O–H groups in total. The molecule has 8 nitrogen and oxygen atoms in total. The quantitative estimate of drug-likeness (QED) is 0.624. The average Bonchev–Trinajstić information content (AvgIpc) is 3.07. The van der Waals surface area contributed by atoms with E-state index in [4.69, 9.17) is 18.9 Å². The minimum absolute atomic E-state index is 0.0940. The van der Waals surface area contributed by atoms with E-state index in [2.05, 4.69) is 0 Å². The Morgan fingerprint density at radius 3 is 2.15 bits per heavy atom. The summed E-state index contributed by atoms with van der Waals surface area (Å²) in [5, 5.41) is 0. The van der Waals surface area contributed by atoms with Crippen LogP contribution in [0.1, 0.15) is 19.4 Å². The number of morpholine rings is 1. The van der Waals surface area contributed by atoms with Gasteiger partial charge in [-0.3, -0.25) is 9.59 Å². The van der Waals surface area contributed by atoms with Crippen LogP contribution in [0.2, 0.25) is 0 Å². The van der Waals surface area contributed by atoms with Gasteiger partial charge in [-0.1, -0.05) is 18.2 Å². The van der Waals surface area contributed by atoms with E-state index in [9.17, 15) is 9.59 Å². The first-order valence-corrected chi connectivity index (χ1v) is 10.8. The Morgan fingerprint density at radius 2 is 1.52 bits per heavy atom. The molecule has 2 amide bonds. The van der Waals surface area contributed by atoms with Crippen LogP contribution in [0.5, 0.6) is 17.2 Å². The largest absolute Gasteiger partial charge is 0.497 e. The van der Waals surface area contributed by atoms with Gasteiger partial charge in [-0.05, 0) is 32.0 Å². The Balaban J connectivity index is 1.90. The monoisotopic (exact) mass is 452 g/mol. The molecule has 0 aliphatic carbocycles. The van der Waals surface area contributed by atoms with Gasteiger partial charge in [0, 0.05) is 24.7 Å². The molecule has 2 aliphatic rings. The Hall–Kier alpha value is -3.52. The van der Waals surface area contributed by atoms with Gasteiger partial charge >= 0.3 is 0 Å². The van der Waals surface area contributed by atoms with E-state index in [-0.39, 0.29) is 12.2 Å². The number of hydrogen-bond donors (Lipinski definition) is 0. The number of amides is 2. The van der Waals surface area contributed by atoms with Crippen molar-refractivity contribution in [2.24, 2.45) is 0 Å². The van der Waals surface area contributed by atoms with E-state index in [1.54, 1.807) is 37.4 Å². The normalized spacial score (nSPS) is 21.0. The number of hydrogen-bond acceptors (Lipinski definition) is 7. The van der Waals surface area contributed by atoms with Gasteiger partial charge in [-0.2, -0.15) is 0 Å². The highest BCUT2D eigenvalue weighted by molar-refractivity contribution is 6.46. The van der Waals surface area contributed by atoms with Crippen molar-refractivity contribution in [3.8, 4) is 17.2 Å². The number of carbonyl (C=O) groups is 2. The van der Waals surface area contributed by atoms with E-state index in [1.165, 1.54) is 14.2 Å². The van der Waals surface area contributed by atoms with Crippen molar-refractivity contribution in [2.45, 2.75) is 26.1 Å². The maximum absolute atomic E-state index is 13.9. The van der Waals surface area contributed by atoms with Crippen LogP contribution in [0.25, 0.3) is 5.57 Å². The van der Waals surface area contributed by atoms with Gasteiger partial charge in [-0.25, -0.2) is 4.90 Å². The maximum atomic E-state index is 13.9. The van der Waals surface area contributed by atoms with Gasteiger partial charge in [0.1, 0.15) is 22.9 Å². The first kappa shape index (κ1) is 22.7. The van der Waals surface area contributed by atoms with Crippen molar-refractivity contribution in [1.29, 1.82) is 0 Å². The second-order valence-electron chi connectivity index (χ2n) is 8.07. The lowest BCUT2D eigenvalue weighted by Crippen LogP contribution is -2.47. The summed E-state index contributed by atoms with van der Waals surface area (Å²) in [6.07, 6.45) is -0.188. The standard InChI is InChI=1S/C25H28N2O6/c1-15-13-26(14-16(2)33-15)23-22(18-8-6-7-9-20(18)31-4)24(28)27(25(23)29)19-12-17(30-3)10-11-21(19)32-5/h6-12,15-16H,13-14H2,1-5H3. The Morgan fingerprint density at radius 1 is 0.848 bits per heavy atom. The molecule has 33 heavy (non-hydrogen) atoms. The Kier molecular flexibility index (Phi) is 6.29. The molecule has 1 fully saturated rings. The first-order valence-electron chi connectivity index (χ1n) is 10.8. The van der Waals surface area contributed by atoms with Gasteiger partial charge < -0.3 is 23.8 Å². The zero-order chi connectivity index (χ0) is 23.7. The van der Waals surface area contributed by atoms with Crippen LogP contribution in [-0.4, -0.2) is 63.3 Å². The number of carbonyl (C=O) groups excluding carboxylic acids is 2. The molecule has 2 aromatic rings. The Bertz CT molecular complexity index is 1100. The second kappa shape index (κ2) is 9.15. The lowest BCUT2D eigenvalue weighted by atomic mass is 10.0. The predicted molar refractivity (Wildman–Crippen MR) is 124 cm³/mol. The van der Waals surface area contributed by atoms with Gasteiger partial charge in [0.25, 0.3) is 11.8 Å². The summed E-state index contributed by atoms with van der Waals surface area (Å²) in [6.45, 7) is 4.88. The number of ether oxygens (including phenoxy) is 4. The van der Waals surface area contributed by atoms with Crippen molar-refractivity contribution < 1.29 is 28.5 Å². The minimum atomic E-state index is -0.446. The third-order valence-corrected chi connectivity index (χ3v) is 5.80. The van der Waals surface area contributed by atoms with E-state index in [0.29, 0.717) is 52.9 Å². The second-order valence-corrected chi connectivity index (χ2v) is 8.07. The zero-order valence-corrected chi connectivity index (χ0v) is 19.5. The number of imide groups is 1. The number of anilines is 1. The molecule has 4 rings (SSSR count). The summed E-state index contributed by atoms with van der Waals surface area (Å²) >= 11 is 0. The fourth-order valence-electron chi connectivity index (χ4n) is 4.46. The molecule has 2 unspecified atom stereocenters. The highest BCUT2D eigenvalue weighted by atomic mass is 16.5. The lowest BCUT2D eigenvalue weighted by molar-refractivity contribution is -0.121. The van der Waals surface area contributed by atoms with Crippen molar-refractivity contribution in [1.82, 2.24) is 4.90 Å². The molecule has 0 radical (unpaired) electrons.